The molecule has 0 saturated carbocycles. The molecule has 72 valence electrons. The van der Waals surface area contributed by atoms with Crippen LogP contribution in [0.2, 0.25) is 0 Å². The molecule has 0 aliphatic carbocycles. The van der Waals surface area contributed by atoms with Gasteiger partial charge in [-0.15, -0.1) is 11.3 Å². The van der Waals surface area contributed by atoms with Crippen LogP contribution in [0.4, 0.5) is 14.2 Å². The van der Waals surface area contributed by atoms with Crippen LogP contribution in [0, 0.1) is 0 Å². The Morgan fingerprint density at radius 1 is 1.77 bits per heavy atom. The maximum atomic E-state index is 12.0. The van der Waals surface area contributed by atoms with E-state index in [0.717, 1.165) is 5.00 Å². The number of carbonyl (C=O) groups excluding carboxylic acids is 1. The molecular formula is C8H11FN2OS. The Hall–Kier alpha value is -1.10. The standard InChI is InChI=1S/C8H11FN2OS/c1-6(5-9)10-8(12)11-7-3-2-4-13-7/h2-4,6H,5H2,1H3,(H2,10,11,12)/t6-/m0/s1. The van der Waals surface area contributed by atoms with Gasteiger partial charge in [-0.05, 0) is 24.4 Å². The minimum atomic E-state index is -0.558. The maximum Gasteiger partial charge on any atom is 0.320 e. The van der Waals surface area contributed by atoms with E-state index in [2.05, 4.69) is 10.6 Å². The number of carbonyl (C=O) groups is 1. The zero-order valence-electron chi connectivity index (χ0n) is 7.21. The molecule has 1 rings (SSSR count). The van der Waals surface area contributed by atoms with E-state index in [9.17, 15) is 9.18 Å². The highest BCUT2D eigenvalue weighted by Crippen LogP contribution is 2.14. The third-order valence-electron chi connectivity index (χ3n) is 1.37. The van der Waals surface area contributed by atoms with Crippen LogP contribution in [0.25, 0.3) is 0 Å². The number of alkyl halides is 1. The Bertz CT molecular complexity index is 263. The third-order valence-corrected chi connectivity index (χ3v) is 2.15. The van der Waals surface area contributed by atoms with Crippen molar-refractivity contribution in [1.82, 2.24) is 5.32 Å². The molecule has 3 nitrogen and oxygen atoms in total. The first kappa shape index (κ1) is 9.98. The molecule has 1 aromatic heterocycles. The Kier molecular flexibility index (Phi) is 3.70. The van der Waals surface area contributed by atoms with E-state index in [4.69, 9.17) is 0 Å². The highest BCUT2D eigenvalue weighted by Gasteiger charge is 2.06. The summed E-state index contributed by atoms with van der Waals surface area (Å²) in [6, 6.07) is 2.80. The van der Waals surface area contributed by atoms with Crippen molar-refractivity contribution < 1.29 is 9.18 Å². The average Bonchev–Trinajstić information content (AvgIpc) is 2.56. The van der Waals surface area contributed by atoms with E-state index in [1.54, 1.807) is 13.0 Å². The molecular weight excluding hydrogens is 191 g/mol. The molecule has 0 aromatic carbocycles. The molecule has 0 saturated heterocycles. The topological polar surface area (TPSA) is 41.1 Å². The van der Waals surface area contributed by atoms with Gasteiger partial charge in [-0.3, -0.25) is 5.32 Å². The summed E-state index contributed by atoms with van der Waals surface area (Å²) in [5.41, 5.74) is 0. The Morgan fingerprint density at radius 2 is 2.54 bits per heavy atom. The summed E-state index contributed by atoms with van der Waals surface area (Å²) in [6.07, 6.45) is 0. The molecule has 2 N–H and O–H groups in total. The minimum Gasteiger partial charge on any atom is -0.333 e. The highest BCUT2D eigenvalue weighted by molar-refractivity contribution is 7.14. The van der Waals surface area contributed by atoms with Crippen LogP contribution in [-0.4, -0.2) is 18.7 Å². The van der Waals surface area contributed by atoms with E-state index in [1.807, 2.05) is 11.4 Å². The summed E-state index contributed by atoms with van der Waals surface area (Å²) in [6.45, 7) is 1.05. The van der Waals surface area contributed by atoms with Crippen molar-refractivity contribution in [2.24, 2.45) is 0 Å². The van der Waals surface area contributed by atoms with E-state index in [1.165, 1.54) is 11.3 Å². The average molecular weight is 202 g/mol. The van der Waals surface area contributed by atoms with Crippen LogP contribution in [0.5, 0.6) is 0 Å². The molecule has 0 bridgehead atoms. The fourth-order valence-corrected chi connectivity index (χ4v) is 1.37. The summed E-state index contributed by atoms with van der Waals surface area (Å²) in [5, 5.41) is 7.65. The first-order valence-corrected chi connectivity index (χ1v) is 4.77. The van der Waals surface area contributed by atoms with Gasteiger partial charge in [-0.2, -0.15) is 0 Å². The Morgan fingerprint density at radius 3 is 3.08 bits per heavy atom. The van der Waals surface area contributed by atoms with Gasteiger partial charge in [0.15, 0.2) is 0 Å². The first-order valence-electron chi connectivity index (χ1n) is 3.89. The lowest BCUT2D eigenvalue weighted by molar-refractivity contribution is 0.246. The van der Waals surface area contributed by atoms with Gasteiger partial charge in [0.1, 0.15) is 6.67 Å². The molecule has 1 heterocycles. The smallest absolute Gasteiger partial charge is 0.320 e. The van der Waals surface area contributed by atoms with E-state index in [0.29, 0.717) is 0 Å². The molecule has 0 spiro atoms. The summed E-state index contributed by atoms with van der Waals surface area (Å²) in [5.74, 6) is 0. The quantitative estimate of drug-likeness (QED) is 0.775. The van der Waals surface area contributed by atoms with Crippen molar-refractivity contribution >= 4 is 22.4 Å². The van der Waals surface area contributed by atoms with Crippen LogP contribution in [-0.2, 0) is 0 Å². The molecule has 0 radical (unpaired) electrons. The van der Waals surface area contributed by atoms with Gasteiger partial charge in [-0.25, -0.2) is 9.18 Å². The Balaban J connectivity index is 2.34. The van der Waals surface area contributed by atoms with E-state index < -0.39 is 12.7 Å². The van der Waals surface area contributed by atoms with E-state index in [-0.39, 0.29) is 6.03 Å². The number of hydrogen-bond donors (Lipinski definition) is 2. The number of hydrogen-bond acceptors (Lipinski definition) is 2. The lowest BCUT2D eigenvalue weighted by Crippen LogP contribution is -2.37. The van der Waals surface area contributed by atoms with Gasteiger partial charge >= 0.3 is 6.03 Å². The predicted octanol–water partition coefficient (Wildman–Crippen LogP) is 2.23. The normalized spacial score (nSPS) is 12.2. The molecule has 0 aliphatic rings. The van der Waals surface area contributed by atoms with Crippen LogP contribution in [0.15, 0.2) is 17.5 Å². The molecule has 2 amide bonds. The second kappa shape index (κ2) is 4.81. The van der Waals surface area contributed by atoms with Crippen molar-refractivity contribution in [2.45, 2.75) is 13.0 Å². The van der Waals surface area contributed by atoms with Gasteiger partial charge in [0.05, 0.1) is 11.0 Å². The number of urea groups is 1. The SMILES string of the molecule is C[C@@H](CF)NC(=O)Nc1cccs1. The summed E-state index contributed by atoms with van der Waals surface area (Å²) >= 11 is 1.42. The largest absolute Gasteiger partial charge is 0.333 e. The highest BCUT2D eigenvalue weighted by atomic mass is 32.1. The number of nitrogens with one attached hydrogen (secondary N) is 2. The fourth-order valence-electron chi connectivity index (χ4n) is 0.760. The van der Waals surface area contributed by atoms with Crippen LogP contribution in [0.1, 0.15) is 6.92 Å². The monoisotopic (exact) mass is 202 g/mol. The number of anilines is 1. The number of rotatable bonds is 3. The van der Waals surface area contributed by atoms with Crippen LogP contribution >= 0.6 is 11.3 Å². The number of halogens is 1. The molecule has 0 aliphatic heterocycles. The second-order valence-corrected chi connectivity index (χ2v) is 3.58. The van der Waals surface area contributed by atoms with Crippen LogP contribution in [0.3, 0.4) is 0 Å². The van der Waals surface area contributed by atoms with Crippen molar-refractivity contribution in [3.63, 3.8) is 0 Å². The second-order valence-electron chi connectivity index (χ2n) is 2.63. The summed E-state index contributed by atoms with van der Waals surface area (Å²) < 4.78 is 12.0. The zero-order chi connectivity index (χ0) is 9.68. The number of amides is 2. The number of thiophene rings is 1. The maximum absolute atomic E-state index is 12.0. The summed E-state index contributed by atoms with van der Waals surface area (Å²) in [4.78, 5) is 11.1. The van der Waals surface area contributed by atoms with Crippen molar-refractivity contribution in [3.05, 3.63) is 17.5 Å². The molecule has 0 fully saturated rings. The van der Waals surface area contributed by atoms with Crippen molar-refractivity contribution in [1.29, 1.82) is 0 Å². The van der Waals surface area contributed by atoms with Crippen molar-refractivity contribution in [2.75, 3.05) is 12.0 Å². The Labute approximate surface area is 80.0 Å². The van der Waals surface area contributed by atoms with E-state index >= 15 is 0 Å². The first-order chi connectivity index (χ1) is 6.22. The van der Waals surface area contributed by atoms with Crippen LogP contribution < -0.4 is 10.6 Å². The predicted molar refractivity (Wildman–Crippen MR) is 51.9 cm³/mol. The van der Waals surface area contributed by atoms with Gasteiger partial charge < -0.3 is 5.32 Å². The minimum absolute atomic E-state index is 0.368. The van der Waals surface area contributed by atoms with Gasteiger partial charge in [-0.1, -0.05) is 0 Å². The van der Waals surface area contributed by atoms with Crippen molar-refractivity contribution in [3.8, 4) is 0 Å². The molecule has 5 heteroatoms. The lowest BCUT2D eigenvalue weighted by atomic mass is 10.4. The molecule has 1 aromatic rings. The summed E-state index contributed by atoms with van der Waals surface area (Å²) in [7, 11) is 0. The zero-order valence-corrected chi connectivity index (χ0v) is 8.03. The van der Waals surface area contributed by atoms with Gasteiger partial charge in [0, 0.05) is 0 Å². The molecule has 1 atom stereocenters. The fraction of sp³-hybridized carbons (Fsp3) is 0.375. The lowest BCUT2D eigenvalue weighted by Gasteiger charge is -2.09. The van der Waals surface area contributed by atoms with Gasteiger partial charge in [0.2, 0.25) is 0 Å². The third kappa shape index (κ3) is 3.42. The molecule has 0 unspecified atom stereocenters. The van der Waals surface area contributed by atoms with Gasteiger partial charge in [0.25, 0.3) is 0 Å². The molecule has 13 heavy (non-hydrogen) atoms.